The molecule has 0 radical (unpaired) electrons. The van der Waals surface area contributed by atoms with E-state index in [1.165, 1.54) is 14.0 Å². The van der Waals surface area contributed by atoms with Crippen LogP contribution in [-0.4, -0.2) is 52.2 Å². The first kappa shape index (κ1) is 23.1. The van der Waals surface area contributed by atoms with Crippen LogP contribution in [-0.2, 0) is 22.6 Å². The molecule has 1 aliphatic heterocycles. The molecule has 0 spiro atoms. The molecule has 1 aliphatic rings. The maximum atomic E-state index is 13.7. The lowest BCUT2D eigenvalue weighted by molar-refractivity contribution is -0.130. The average Bonchev–Trinajstić information content (AvgIpc) is 2.96. The van der Waals surface area contributed by atoms with Crippen LogP contribution in [0.15, 0.2) is 60.7 Å². The zero-order valence-corrected chi connectivity index (χ0v) is 19.1. The van der Waals surface area contributed by atoms with Crippen molar-refractivity contribution in [1.82, 2.24) is 10.2 Å². The molecule has 1 heterocycles. The molecule has 176 valence electrons. The molecule has 0 bridgehead atoms. The number of anilines is 1. The number of nitrogens with zero attached hydrogens (tertiary/aromatic N) is 2. The molecule has 4 rings (SSSR count). The Morgan fingerprint density at radius 3 is 2.59 bits per heavy atom. The maximum absolute atomic E-state index is 13.7. The summed E-state index contributed by atoms with van der Waals surface area (Å²) in [6.45, 7) is 1.60. The lowest BCUT2D eigenvalue weighted by Crippen LogP contribution is -2.53. The number of phenolic OH excluding ortho intramolecular Hbond substituents is 1. The Kier molecular flexibility index (Phi) is 6.40. The molecule has 34 heavy (non-hydrogen) atoms. The van der Waals surface area contributed by atoms with E-state index in [0.29, 0.717) is 18.4 Å². The number of carbonyl (C=O) groups is 3. The molecular weight excluding hydrogens is 434 g/mol. The monoisotopic (exact) mass is 461 g/mol. The highest BCUT2D eigenvalue weighted by atomic mass is 16.4. The molecule has 3 aromatic rings. The molecule has 3 aromatic carbocycles. The van der Waals surface area contributed by atoms with Crippen molar-refractivity contribution in [2.45, 2.75) is 38.4 Å². The van der Waals surface area contributed by atoms with E-state index in [1.807, 2.05) is 54.6 Å². The predicted molar refractivity (Wildman–Crippen MR) is 129 cm³/mol. The van der Waals surface area contributed by atoms with Crippen LogP contribution in [0.5, 0.6) is 5.75 Å². The number of benzene rings is 3. The molecule has 0 fully saturated rings. The van der Waals surface area contributed by atoms with Crippen LogP contribution in [0.25, 0.3) is 10.8 Å². The highest BCUT2D eigenvalue weighted by Gasteiger charge is 2.34. The molecule has 8 heteroatoms. The lowest BCUT2D eigenvalue weighted by atomic mass is 10.0. The van der Waals surface area contributed by atoms with Gasteiger partial charge in [-0.15, -0.1) is 0 Å². The summed E-state index contributed by atoms with van der Waals surface area (Å²) in [5.41, 5.74) is 2.31. The van der Waals surface area contributed by atoms with Crippen molar-refractivity contribution in [1.29, 1.82) is 0 Å². The summed E-state index contributed by atoms with van der Waals surface area (Å²) in [6, 6.07) is 16.9. The highest BCUT2D eigenvalue weighted by Crippen LogP contribution is 2.33. The molecule has 0 unspecified atom stereocenters. The van der Waals surface area contributed by atoms with E-state index in [9.17, 15) is 24.6 Å². The summed E-state index contributed by atoms with van der Waals surface area (Å²) >= 11 is 0. The molecule has 0 saturated carbocycles. The fourth-order valence-corrected chi connectivity index (χ4v) is 4.30. The van der Waals surface area contributed by atoms with E-state index in [1.54, 1.807) is 11.0 Å². The summed E-state index contributed by atoms with van der Waals surface area (Å²) in [4.78, 5) is 40.2. The number of phenols is 1. The van der Waals surface area contributed by atoms with Crippen LogP contribution in [0.3, 0.4) is 0 Å². The summed E-state index contributed by atoms with van der Waals surface area (Å²) in [6.07, 6.45) is -0.285. The standard InChI is InChI=1S/C26H27N3O5/c1-16(28(2)26(33)34)24(31)27-21-13-11-18-8-4-6-10-22(18)29(25(21)32)15-20-19-9-5-3-7-17(19)12-14-23(20)30/h3-10,12,14,16,21,30H,11,13,15H2,1-2H3,(H,27,31)(H,33,34)/t16-,21-/m0/s1. The first-order valence-corrected chi connectivity index (χ1v) is 11.1. The van der Waals surface area contributed by atoms with Crippen molar-refractivity contribution in [3.8, 4) is 5.75 Å². The Balaban J connectivity index is 1.69. The van der Waals surface area contributed by atoms with Crippen molar-refractivity contribution in [2.75, 3.05) is 11.9 Å². The summed E-state index contributed by atoms with van der Waals surface area (Å²) in [5.74, 6) is -0.761. The molecule has 3 amide bonds. The van der Waals surface area contributed by atoms with Crippen LogP contribution >= 0.6 is 0 Å². The van der Waals surface area contributed by atoms with Crippen molar-refractivity contribution in [3.05, 3.63) is 71.8 Å². The lowest BCUT2D eigenvalue weighted by Gasteiger charge is -2.28. The quantitative estimate of drug-likeness (QED) is 0.539. The first-order chi connectivity index (χ1) is 16.3. The van der Waals surface area contributed by atoms with E-state index in [0.717, 1.165) is 26.9 Å². The summed E-state index contributed by atoms with van der Waals surface area (Å²) in [5, 5.41) is 24.4. The van der Waals surface area contributed by atoms with E-state index >= 15 is 0 Å². The Morgan fingerprint density at radius 1 is 1.12 bits per heavy atom. The van der Waals surface area contributed by atoms with Crippen molar-refractivity contribution < 1.29 is 24.6 Å². The number of para-hydroxylation sites is 1. The Hall–Kier alpha value is -4.07. The minimum atomic E-state index is -1.23. The van der Waals surface area contributed by atoms with Gasteiger partial charge in [-0.25, -0.2) is 4.79 Å². The van der Waals surface area contributed by atoms with E-state index in [2.05, 4.69) is 5.32 Å². The molecular formula is C26H27N3O5. The number of hydrogen-bond donors (Lipinski definition) is 3. The van der Waals surface area contributed by atoms with Gasteiger partial charge in [0.1, 0.15) is 17.8 Å². The van der Waals surface area contributed by atoms with Gasteiger partial charge in [-0.1, -0.05) is 48.5 Å². The largest absolute Gasteiger partial charge is 0.508 e. The minimum absolute atomic E-state index is 0.0884. The molecule has 0 aromatic heterocycles. The highest BCUT2D eigenvalue weighted by molar-refractivity contribution is 6.02. The third-order valence-electron chi connectivity index (χ3n) is 6.46. The fraction of sp³-hybridized carbons (Fsp3) is 0.269. The smallest absolute Gasteiger partial charge is 0.407 e. The van der Waals surface area contributed by atoms with Gasteiger partial charge in [-0.2, -0.15) is 0 Å². The number of carbonyl (C=O) groups excluding carboxylic acids is 2. The summed E-state index contributed by atoms with van der Waals surface area (Å²) in [7, 11) is 1.31. The van der Waals surface area contributed by atoms with Crippen LogP contribution in [0.1, 0.15) is 24.5 Å². The number of aryl methyl sites for hydroxylation is 1. The number of aromatic hydroxyl groups is 1. The van der Waals surface area contributed by atoms with Gasteiger partial charge in [-0.3, -0.25) is 14.5 Å². The van der Waals surface area contributed by atoms with Gasteiger partial charge in [0.2, 0.25) is 11.8 Å². The number of fused-ring (bicyclic) bond motifs is 2. The SMILES string of the molecule is C[C@@H](C(=O)N[C@H]1CCc2ccccc2N(Cc2c(O)ccc3ccccc23)C1=O)N(C)C(=O)O. The molecule has 8 nitrogen and oxygen atoms in total. The van der Waals surface area contributed by atoms with Crippen LogP contribution in [0, 0.1) is 0 Å². The maximum Gasteiger partial charge on any atom is 0.407 e. The number of nitrogens with one attached hydrogen (secondary N) is 1. The number of amides is 3. The molecule has 0 aliphatic carbocycles. The Morgan fingerprint density at radius 2 is 1.82 bits per heavy atom. The second-order valence-corrected chi connectivity index (χ2v) is 8.51. The van der Waals surface area contributed by atoms with Gasteiger partial charge in [0, 0.05) is 18.3 Å². The zero-order valence-electron chi connectivity index (χ0n) is 19.1. The molecule has 0 saturated heterocycles. The van der Waals surface area contributed by atoms with Crippen LogP contribution < -0.4 is 10.2 Å². The van der Waals surface area contributed by atoms with Crippen LogP contribution in [0.4, 0.5) is 10.5 Å². The average molecular weight is 462 g/mol. The van der Waals surface area contributed by atoms with Crippen LogP contribution in [0.2, 0.25) is 0 Å². The summed E-state index contributed by atoms with van der Waals surface area (Å²) < 4.78 is 0. The minimum Gasteiger partial charge on any atom is -0.508 e. The van der Waals surface area contributed by atoms with E-state index in [4.69, 9.17) is 0 Å². The Bertz CT molecular complexity index is 1260. The van der Waals surface area contributed by atoms with Gasteiger partial charge in [0.15, 0.2) is 0 Å². The van der Waals surface area contributed by atoms with E-state index in [-0.39, 0.29) is 18.2 Å². The van der Waals surface area contributed by atoms with Gasteiger partial charge in [-0.05, 0) is 48.2 Å². The van der Waals surface area contributed by atoms with Crippen molar-refractivity contribution in [3.63, 3.8) is 0 Å². The number of likely N-dealkylation sites (N-methyl/N-ethyl adjacent to an activating group) is 1. The normalized spacial score (nSPS) is 16.5. The topological polar surface area (TPSA) is 110 Å². The third kappa shape index (κ3) is 4.39. The second kappa shape index (κ2) is 9.43. The van der Waals surface area contributed by atoms with Gasteiger partial charge >= 0.3 is 6.09 Å². The van der Waals surface area contributed by atoms with Gasteiger partial charge in [0.25, 0.3) is 0 Å². The Labute approximate surface area is 197 Å². The fourth-order valence-electron chi connectivity index (χ4n) is 4.30. The predicted octanol–water partition coefficient (Wildman–Crippen LogP) is 3.51. The van der Waals surface area contributed by atoms with Gasteiger partial charge < -0.3 is 20.4 Å². The van der Waals surface area contributed by atoms with Gasteiger partial charge in [0.05, 0.1) is 6.54 Å². The van der Waals surface area contributed by atoms with Crippen molar-refractivity contribution in [2.24, 2.45) is 0 Å². The molecule has 2 atom stereocenters. The third-order valence-corrected chi connectivity index (χ3v) is 6.46. The first-order valence-electron chi connectivity index (χ1n) is 11.1. The number of rotatable bonds is 5. The zero-order chi connectivity index (χ0) is 24.4. The molecule has 3 N–H and O–H groups in total. The van der Waals surface area contributed by atoms with E-state index < -0.39 is 24.1 Å². The van der Waals surface area contributed by atoms with Crippen molar-refractivity contribution >= 4 is 34.4 Å². The number of hydrogen-bond acceptors (Lipinski definition) is 4. The number of carboxylic acid groups (broad SMARTS) is 1. The second-order valence-electron chi connectivity index (χ2n) is 8.51.